The van der Waals surface area contributed by atoms with Crippen molar-refractivity contribution in [2.45, 2.75) is 242 Å². The van der Waals surface area contributed by atoms with Crippen molar-refractivity contribution in [3.8, 4) is 0 Å². The van der Waals surface area contributed by atoms with E-state index in [-0.39, 0.29) is 83.2 Å². The minimum Gasteiger partial charge on any atom is -0.480 e. The summed E-state index contributed by atoms with van der Waals surface area (Å²) in [6.07, 6.45) is 1.34. The maximum Gasteiger partial charge on any atom is 0.326 e. The molecule has 0 aromatic heterocycles. The van der Waals surface area contributed by atoms with E-state index in [1.807, 2.05) is 26.0 Å². The van der Waals surface area contributed by atoms with Crippen LogP contribution in [0.2, 0.25) is 0 Å². The molecule has 5 rings (SSSR count). The van der Waals surface area contributed by atoms with Gasteiger partial charge in [0, 0.05) is 25.7 Å². The molecule has 0 saturated carbocycles. The van der Waals surface area contributed by atoms with Crippen LogP contribution in [0.15, 0.2) is 115 Å². The van der Waals surface area contributed by atoms with Crippen LogP contribution in [0.25, 0.3) is 21.5 Å². The van der Waals surface area contributed by atoms with Gasteiger partial charge >= 0.3 is 5.97 Å². The number of nitrogens with two attached hydrogens (primary N) is 7. The molecule has 0 radical (unpaired) electrons. The number of carboxylic acids is 1. The number of carbonyl (C=O) groups excluding carboxylic acids is 15. The van der Waals surface area contributed by atoms with Crippen molar-refractivity contribution in [2.24, 2.45) is 52.0 Å². The van der Waals surface area contributed by atoms with E-state index >= 15 is 9.59 Å². The Hall–Kier alpha value is -12.1. The van der Waals surface area contributed by atoms with Crippen LogP contribution in [-0.4, -0.2) is 223 Å². The number of unbranched alkanes of at least 4 members (excludes halogenated alkanes) is 4. The van der Waals surface area contributed by atoms with E-state index in [4.69, 9.17) is 40.1 Å². The standard InChI is InChI=1S/C88H130N20O18/c1-6-52(4)75(87(124)102-65(88(125)126)37-17-21-43-92)108-86(123)71(50-109)98-74(112)49-96-78(115)62(35-15-19-41-90)100-83(120)68(46-57-30-22-28-55-26-10-12-32-59(55)57)105-80(117)63(36-16-20-42-91)99-76(113)53(5)97-79(116)64(38-39-72(94)110)101-84(121)69(47-58-31-23-29-56-27-11-13-33-60(56)58)106-85(122)70(48-73(95)111)107-82(119)67(45-54-24-8-7-9-25-54)104-81(118)66(44-51(2)3)103-77(114)61(93)34-14-18-40-89/h7-13,22-33,51-53,61-71,75,109H,6,14-21,34-50,89-93H2,1-5H3,(H2,94,110)(H2,95,111)(H,96,115)(H,97,116)(H,98,112)(H,99,113)(H,100,120)(H,101,121)(H,102,124)(H,103,114)(H,104,118)(H,105,117)(H,106,122)(H,107,119)(H,108,123)(H,125,126)/t52-,53-,61-,62-,63-,64-,65-,66-,67-,68-,69-,70-,71-,75-/m0/s1. The van der Waals surface area contributed by atoms with Crippen molar-refractivity contribution >= 4 is 116 Å². The number of aliphatic hydroxyl groups is 1. The van der Waals surface area contributed by atoms with Gasteiger partial charge in [-0.15, -0.1) is 0 Å². The number of nitrogens with one attached hydrogen (secondary N) is 13. The Morgan fingerprint density at radius 1 is 0.365 bits per heavy atom. The van der Waals surface area contributed by atoms with Crippen molar-refractivity contribution in [2.75, 3.05) is 39.3 Å². The lowest BCUT2D eigenvalue weighted by atomic mass is 9.97. The van der Waals surface area contributed by atoms with Gasteiger partial charge in [-0.1, -0.05) is 156 Å². The van der Waals surface area contributed by atoms with E-state index in [0.29, 0.717) is 85.5 Å². The number of amides is 15. The third-order valence-corrected chi connectivity index (χ3v) is 21.3. The molecule has 0 bridgehead atoms. The van der Waals surface area contributed by atoms with Crippen LogP contribution in [0, 0.1) is 11.8 Å². The third kappa shape index (κ3) is 35.9. The number of aliphatic hydroxyl groups excluding tert-OH is 1. The number of primary amides is 2. The smallest absolute Gasteiger partial charge is 0.326 e. The number of aliphatic carboxylic acids is 1. The van der Waals surface area contributed by atoms with Crippen LogP contribution < -0.4 is 109 Å². The molecule has 0 saturated heterocycles. The summed E-state index contributed by atoms with van der Waals surface area (Å²) < 4.78 is 0. The number of hydrogen-bond acceptors (Lipinski definition) is 22. The molecule has 0 aliphatic rings. The summed E-state index contributed by atoms with van der Waals surface area (Å²) in [6, 6.07) is 14.1. The molecule has 0 spiro atoms. The molecular formula is C88H130N20O18. The third-order valence-electron chi connectivity index (χ3n) is 21.3. The highest BCUT2D eigenvalue weighted by Gasteiger charge is 2.39. The van der Waals surface area contributed by atoms with Gasteiger partial charge in [-0.3, -0.25) is 71.9 Å². The summed E-state index contributed by atoms with van der Waals surface area (Å²) in [5.74, 6) is -16.1. The normalized spacial score (nSPS) is 14.6. The Morgan fingerprint density at radius 2 is 0.762 bits per heavy atom. The zero-order valence-corrected chi connectivity index (χ0v) is 72.5. The van der Waals surface area contributed by atoms with E-state index in [2.05, 4.69) is 69.1 Å². The molecule has 0 heterocycles. The fraction of sp³-hybridized carbons (Fsp3) is 0.523. The Bertz CT molecular complexity index is 4450. The van der Waals surface area contributed by atoms with Gasteiger partial charge in [0.15, 0.2) is 0 Å². The molecule has 38 nitrogen and oxygen atoms in total. The SMILES string of the molecule is CC[C@H](C)[C@H](NC(=O)[C@H](CO)NC(=O)CNC(=O)[C@H](CCCCN)NC(=O)[C@H](Cc1cccc2ccccc12)NC(=O)[C@H](CCCCN)NC(=O)[C@H](C)NC(=O)[C@H](CCC(N)=O)NC(=O)[C@H](Cc1cccc2ccccc12)NC(=O)[C@H](CC(N)=O)NC(=O)[C@H](Cc1ccccc1)NC(=O)[C@H](CC(C)C)NC(=O)[C@@H](N)CCCCN)C(=O)N[C@@H](CCCCN)C(=O)O. The Morgan fingerprint density at radius 3 is 1.25 bits per heavy atom. The van der Waals surface area contributed by atoms with Crippen LogP contribution in [-0.2, 0) is 96.0 Å². The largest absolute Gasteiger partial charge is 0.480 e. The van der Waals surface area contributed by atoms with Crippen LogP contribution in [0.3, 0.4) is 0 Å². The van der Waals surface area contributed by atoms with Gasteiger partial charge in [-0.2, -0.15) is 0 Å². The predicted molar refractivity (Wildman–Crippen MR) is 473 cm³/mol. The van der Waals surface area contributed by atoms with Crippen LogP contribution in [0.1, 0.15) is 160 Å². The zero-order valence-electron chi connectivity index (χ0n) is 72.5. The number of benzene rings is 5. The average Bonchev–Trinajstić information content (AvgIpc) is 0.812. The highest BCUT2D eigenvalue weighted by molar-refractivity contribution is 6.02. The van der Waals surface area contributed by atoms with E-state index in [1.54, 1.807) is 117 Å². The lowest BCUT2D eigenvalue weighted by Gasteiger charge is -2.28. The summed E-state index contributed by atoms with van der Waals surface area (Å²) in [5.41, 5.74) is 42.2. The number of carboxylic acid groups (broad SMARTS) is 1. The first kappa shape index (κ1) is 104. The number of carbonyl (C=O) groups is 16. The van der Waals surface area contributed by atoms with E-state index in [0.717, 1.165) is 10.8 Å². The Kier molecular flexibility index (Phi) is 45.8. The Labute approximate surface area is 733 Å². The maximum absolute atomic E-state index is 15.1. The second-order valence-electron chi connectivity index (χ2n) is 31.9. The summed E-state index contributed by atoms with van der Waals surface area (Å²) in [5, 5.41) is 56.5. The fourth-order valence-corrected chi connectivity index (χ4v) is 14.0. The second kappa shape index (κ2) is 55.3. The van der Waals surface area contributed by atoms with Crippen LogP contribution in [0.4, 0.5) is 0 Å². The van der Waals surface area contributed by atoms with Crippen molar-refractivity contribution in [3.63, 3.8) is 0 Å². The van der Waals surface area contributed by atoms with Gasteiger partial charge in [-0.25, -0.2) is 4.79 Å². The molecule has 690 valence electrons. The number of fused-ring (bicyclic) bond motifs is 2. The first-order valence-corrected chi connectivity index (χ1v) is 43.0. The topological polar surface area (TPSA) is 652 Å². The van der Waals surface area contributed by atoms with Crippen molar-refractivity contribution < 1.29 is 86.9 Å². The van der Waals surface area contributed by atoms with Crippen molar-refractivity contribution in [1.82, 2.24) is 69.1 Å². The van der Waals surface area contributed by atoms with Crippen molar-refractivity contribution in [3.05, 3.63) is 132 Å². The molecule has 5 aromatic rings. The zero-order chi connectivity index (χ0) is 93.0. The second-order valence-corrected chi connectivity index (χ2v) is 31.9. The first-order chi connectivity index (χ1) is 60.1. The van der Waals surface area contributed by atoms with Crippen molar-refractivity contribution in [1.29, 1.82) is 0 Å². The fourth-order valence-electron chi connectivity index (χ4n) is 14.0. The van der Waals surface area contributed by atoms with Gasteiger partial charge in [0.2, 0.25) is 88.6 Å². The molecule has 38 heteroatoms. The average molecular weight is 1760 g/mol. The molecule has 0 unspecified atom stereocenters. The molecule has 0 aliphatic carbocycles. The lowest BCUT2D eigenvalue weighted by Crippen LogP contribution is -2.61. The molecule has 29 N–H and O–H groups in total. The Balaban J connectivity index is 1.41. The molecule has 14 atom stereocenters. The quantitative estimate of drug-likeness (QED) is 0.0190. The minimum atomic E-state index is -1.84. The number of hydrogen-bond donors (Lipinski definition) is 22. The molecular weight excluding hydrogens is 1630 g/mol. The summed E-state index contributed by atoms with van der Waals surface area (Å²) in [7, 11) is 0. The molecule has 0 fully saturated rings. The molecule has 15 amide bonds. The molecule has 5 aromatic carbocycles. The summed E-state index contributed by atoms with van der Waals surface area (Å²) >= 11 is 0. The van der Waals surface area contributed by atoms with Gasteiger partial charge in [-0.05, 0) is 167 Å². The highest BCUT2D eigenvalue weighted by atomic mass is 16.4. The molecule has 0 aliphatic heterocycles. The summed E-state index contributed by atoms with van der Waals surface area (Å²) in [4.78, 5) is 224. The van der Waals surface area contributed by atoms with E-state index in [1.165, 1.54) is 6.92 Å². The van der Waals surface area contributed by atoms with E-state index in [9.17, 15) is 77.3 Å². The minimum absolute atomic E-state index is 0.0567. The van der Waals surface area contributed by atoms with Crippen LogP contribution >= 0.6 is 0 Å². The first-order valence-electron chi connectivity index (χ1n) is 43.0. The van der Waals surface area contributed by atoms with Gasteiger partial charge in [0.25, 0.3) is 0 Å². The van der Waals surface area contributed by atoms with Crippen LogP contribution in [0.5, 0.6) is 0 Å². The monoisotopic (exact) mass is 1750 g/mol. The van der Waals surface area contributed by atoms with E-state index < -0.39 is 211 Å². The summed E-state index contributed by atoms with van der Waals surface area (Å²) in [6.45, 7) is 7.50. The van der Waals surface area contributed by atoms with Gasteiger partial charge in [0.1, 0.15) is 72.5 Å². The van der Waals surface area contributed by atoms with Gasteiger partial charge in [0.05, 0.1) is 25.6 Å². The maximum atomic E-state index is 15.1. The lowest BCUT2D eigenvalue weighted by molar-refractivity contribution is -0.143. The highest BCUT2D eigenvalue weighted by Crippen LogP contribution is 2.24. The number of rotatable bonds is 59. The molecule has 126 heavy (non-hydrogen) atoms. The predicted octanol–water partition coefficient (Wildman–Crippen LogP) is -1.87. The van der Waals surface area contributed by atoms with Gasteiger partial charge < -0.3 is 119 Å².